The van der Waals surface area contributed by atoms with Crippen LogP contribution in [0.2, 0.25) is 0 Å². The van der Waals surface area contributed by atoms with Crippen LogP contribution < -0.4 is 10.5 Å². The number of hydrogen-bond donors (Lipinski definition) is 1. The van der Waals surface area contributed by atoms with Gasteiger partial charge in [0, 0.05) is 18.9 Å². The lowest BCUT2D eigenvalue weighted by Gasteiger charge is -2.35. The van der Waals surface area contributed by atoms with Crippen molar-refractivity contribution < 1.29 is 29.1 Å². The zero-order valence-corrected chi connectivity index (χ0v) is 22.8. The van der Waals surface area contributed by atoms with Crippen LogP contribution in [0.15, 0.2) is 53.3 Å². The summed E-state index contributed by atoms with van der Waals surface area (Å²) in [6.45, 7) is 8.13. The SMILES string of the molecule is CC(=O)OC(c1nc2ccccc2c(=O)n1[C@@H]1C[C@]2(OC1=O)c1ccccc1N1C(=O)C(C)(C)N(O)[C@H]12)C(C)C. The Morgan fingerprint density at radius 3 is 2.48 bits per heavy atom. The van der Waals surface area contributed by atoms with Crippen molar-refractivity contribution in [1.29, 1.82) is 0 Å². The largest absolute Gasteiger partial charge is 0.454 e. The summed E-state index contributed by atoms with van der Waals surface area (Å²) >= 11 is 0. The third-order valence-electron chi connectivity index (χ3n) is 8.18. The molecule has 208 valence electrons. The molecule has 2 aromatic carbocycles. The molecule has 0 saturated carbocycles. The molecule has 4 atom stereocenters. The highest BCUT2D eigenvalue weighted by molar-refractivity contribution is 6.05. The van der Waals surface area contributed by atoms with Crippen molar-refractivity contribution in [3.63, 3.8) is 0 Å². The molecule has 6 rings (SSSR count). The number of anilines is 1. The van der Waals surface area contributed by atoms with Crippen LogP contribution in [-0.2, 0) is 29.5 Å². The first-order chi connectivity index (χ1) is 18.9. The van der Waals surface area contributed by atoms with Crippen LogP contribution in [0.1, 0.15) is 64.6 Å². The van der Waals surface area contributed by atoms with Gasteiger partial charge >= 0.3 is 11.9 Å². The average molecular weight is 547 g/mol. The molecule has 3 aromatic rings. The first kappa shape index (κ1) is 26.1. The highest BCUT2D eigenvalue weighted by atomic mass is 16.6. The van der Waals surface area contributed by atoms with E-state index in [4.69, 9.17) is 14.5 Å². The Kier molecular flexibility index (Phi) is 5.69. The minimum Gasteiger partial charge on any atom is -0.454 e. The smallest absolute Gasteiger partial charge is 0.330 e. The highest BCUT2D eigenvalue weighted by Crippen LogP contribution is 2.58. The lowest BCUT2D eigenvalue weighted by molar-refractivity contribution is -0.209. The third kappa shape index (κ3) is 3.40. The van der Waals surface area contributed by atoms with Gasteiger partial charge in [-0.2, -0.15) is 0 Å². The molecule has 3 aliphatic rings. The van der Waals surface area contributed by atoms with Crippen LogP contribution in [0.3, 0.4) is 0 Å². The van der Waals surface area contributed by atoms with Crippen molar-refractivity contribution in [1.82, 2.24) is 14.6 Å². The van der Waals surface area contributed by atoms with Gasteiger partial charge in [0.2, 0.25) is 0 Å². The Bertz CT molecular complexity index is 1650. The van der Waals surface area contributed by atoms with Gasteiger partial charge in [0.15, 0.2) is 23.7 Å². The van der Waals surface area contributed by atoms with Gasteiger partial charge in [-0.1, -0.05) is 44.2 Å². The number of ether oxygens (including phenoxy) is 2. The van der Waals surface area contributed by atoms with E-state index in [9.17, 15) is 24.4 Å². The molecule has 2 saturated heterocycles. The molecule has 0 bridgehead atoms. The topological polar surface area (TPSA) is 131 Å². The fourth-order valence-electron chi connectivity index (χ4n) is 6.26. The van der Waals surface area contributed by atoms with E-state index in [1.54, 1.807) is 62.4 Å². The maximum absolute atomic E-state index is 14.0. The van der Waals surface area contributed by atoms with Gasteiger partial charge in [-0.25, -0.2) is 9.78 Å². The Balaban J connectivity index is 1.57. The quantitative estimate of drug-likeness (QED) is 0.490. The summed E-state index contributed by atoms with van der Waals surface area (Å²) in [5.41, 5.74) is -1.74. The first-order valence-electron chi connectivity index (χ1n) is 13.2. The maximum Gasteiger partial charge on any atom is 0.330 e. The molecular weight excluding hydrogens is 516 g/mol. The molecule has 1 unspecified atom stereocenters. The van der Waals surface area contributed by atoms with E-state index in [0.717, 1.165) is 5.06 Å². The molecule has 0 aliphatic carbocycles. The van der Waals surface area contributed by atoms with Crippen LogP contribution in [0.5, 0.6) is 0 Å². The number of nitrogens with zero attached hydrogens (tertiary/aromatic N) is 4. The van der Waals surface area contributed by atoms with Crippen LogP contribution in [0.25, 0.3) is 10.9 Å². The van der Waals surface area contributed by atoms with E-state index < -0.39 is 46.9 Å². The number of aromatic nitrogens is 2. The first-order valence-corrected chi connectivity index (χ1v) is 13.2. The van der Waals surface area contributed by atoms with E-state index in [2.05, 4.69) is 0 Å². The third-order valence-corrected chi connectivity index (χ3v) is 8.18. The minimum absolute atomic E-state index is 0.0672. The Morgan fingerprint density at radius 2 is 1.77 bits per heavy atom. The predicted octanol–water partition coefficient (Wildman–Crippen LogP) is 3.20. The summed E-state index contributed by atoms with van der Waals surface area (Å²) in [6, 6.07) is 12.6. The molecule has 1 spiro atoms. The van der Waals surface area contributed by atoms with Crippen LogP contribution in [0, 0.1) is 5.92 Å². The van der Waals surface area contributed by atoms with Crippen molar-refractivity contribution >= 4 is 34.4 Å². The minimum atomic E-state index is -1.46. The predicted molar refractivity (Wildman–Crippen MR) is 142 cm³/mol. The number of hydroxylamine groups is 2. The molecule has 11 nitrogen and oxygen atoms in total. The molecule has 3 aliphatic heterocycles. The fourth-order valence-corrected chi connectivity index (χ4v) is 6.26. The van der Waals surface area contributed by atoms with Crippen LogP contribution >= 0.6 is 0 Å². The van der Waals surface area contributed by atoms with Gasteiger partial charge < -0.3 is 14.7 Å². The molecule has 4 heterocycles. The molecule has 40 heavy (non-hydrogen) atoms. The van der Waals surface area contributed by atoms with Crippen molar-refractivity contribution in [2.45, 2.75) is 70.5 Å². The van der Waals surface area contributed by atoms with Gasteiger partial charge in [0.1, 0.15) is 11.6 Å². The maximum atomic E-state index is 14.0. The number of hydrogen-bond acceptors (Lipinski definition) is 9. The van der Waals surface area contributed by atoms with E-state index >= 15 is 0 Å². The number of amides is 1. The Morgan fingerprint density at radius 1 is 1.10 bits per heavy atom. The molecule has 0 radical (unpaired) electrons. The van der Waals surface area contributed by atoms with E-state index in [0.29, 0.717) is 22.2 Å². The summed E-state index contributed by atoms with van der Waals surface area (Å²) in [5, 5.41) is 12.5. The zero-order chi connectivity index (χ0) is 28.7. The summed E-state index contributed by atoms with van der Waals surface area (Å²) in [5.74, 6) is -1.77. The second-order valence-corrected chi connectivity index (χ2v) is 11.4. The zero-order valence-electron chi connectivity index (χ0n) is 22.8. The summed E-state index contributed by atoms with van der Waals surface area (Å²) in [7, 11) is 0. The normalized spacial score (nSPS) is 25.9. The van der Waals surface area contributed by atoms with Crippen LogP contribution in [0.4, 0.5) is 5.69 Å². The lowest BCUT2D eigenvalue weighted by atomic mass is 9.87. The second-order valence-electron chi connectivity index (χ2n) is 11.4. The number of carbonyl (C=O) groups excluding carboxylic acids is 3. The number of carbonyl (C=O) groups is 3. The summed E-state index contributed by atoms with van der Waals surface area (Å²) < 4.78 is 13.0. The van der Waals surface area contributed by atoms with Crippen molar-refractivity contribution in [2.75, 3.05) is 4.90 Å². The monoisotopic (exact) mass is 546 g/mol. The number of para-hydroxylation sites is 2. The molecule has 1 amide bonds. The number of fused-ring (bicyclic) bond motifs is 6. The summed E-state index contributed by atoms with van der Waals surface area (Å²) in [4.78, 5) is 59.6. The second kappa shape index (κ2) is 8.70. The average Bonchev–Trinajstić information content (AvgIpc) is 3.45. The highest BCUT2D eigenvalue weighted by Gasteiger charge is 2.70. The van der Waals surface area contributed by atoms with Gasteiger partial charge in [-0.15, -0.1) is 5.06 Å². The van der Waals surface area contributed by atoms with Crippen LogP contribution in [-0.4, -0.2) is 49.4 Å². The van der Waals surface area contributed by atoms with E-state index in [1.807, 2.05) is 13.8 Å². The Labute approximate surface area is 229 Å². The van der Waals surface area contributed by atoms with Gasteiger partial charge in [0.05, 0.1) is 16.6 Å². The number of benzene rings is 2. The number of esters is 2. The van der Waals surface area contributed by atoms with Gasteiger partial charge in [0.25, 0.3) is 11.5 Å². The molecule has 1 N–H and O–H groups in total. The molecule has 11 heteroatoms. The molecular formula is C29H30N4O7. The molecule has 2 fully saturated rings. The van der Waals surface area contributed by atoms with E-state index in [1.165, 1.54) is 16.4 Å². The summed E-state index contributed by atoms with van der Waals surface area (Å²) in [6.07, 6.45) is -2.03. The van der Waals surface area contributed by atoms with Crippen molar-refractivity contribution in [3.05, 3.63) is 70.3 Å². The lowest BCUT2D eigenvalue weighted by Crippen LogP contribution is -2.52. The van der Waals surface area contributed by atoms with Crippen molar-refractivity contribution in [2.24, 2.45) is 5.92 Å². The Hall–Kier alpha value is -4.09. The van der Waals surface area contributed by atoms with Crippen molar-refractivity contribution in [3.8, 4) is 0 Å². The van der Waals surface area contributed by atoms with Gasteiger partial charge in [-0.3, -0.25) is 23.9 Å². The fraction of sp³-hybridized carbons (Fsp3) is 0.414. The number of rotatable bonds is 4. The van der Waals surface area contributed by atoms with Gasteiger partial charge in [-0.05, 0) is 38.0 Å². The van der Waals surface area contributed by atoms with E-state index in [-0.39, 0.29) is 24.1 Å². The standard InChI is InChI=1S/C29H30N4O7/c1-15(2)22(39-16(3)34)23-30-19-12-8-6-10-17(19)24(35)31(23)21-14-29(40-25(21)36)18-11-7-9-13-20(18)32-26(29)33(38)28(4,5)27(32)37/h6-13,15,21-22,26,38H,14H2,1-5H3/t21-,22?,26+,29+/m1/s1. The molecule has 1 aromatic heterocycles.